The minimum absolute atomic E-state index is 0.00113. The average molecular weight is 653 g/mol. The first-order valence-corrected chi connectivity index (χ1v) is 17.6. The van der Waals surface area contributed by atoms with Crippen molar-refractivity contribution in [2.45, 2.75) is 85.0 Å². The lowest BCUT2D eigenvalue weighted by molar-refractivity contribution is -0.150. The second-order valence-electron chi connectivity index (χ2n) is 10.7. The molecule has 0 heterocycles. The maximum Gasteiger partial charge on any atom is 0.308 e. The molecule has 0 aliphatic heterocycles. The molecule has 0 rings (SSSR count). The first-order valence-electron chi connectivity index (χ1n) is 17.6. The number of unbranched alkanes of at least 4 members (excludes halogenated alkanes) is 6. The van der Waals surface area contributed by atoms with Crippen LogP contribution in [-0.4, -0.2) is 132 Å². The van der Waals surface area contributed by atoms with Gasteiger partial charge in [-0.3, -0.25) is 4.79 Å². The lowest BCUT2D eigenvalue weighted by Crippen LogP contribution is -2.20. The van der Waals surface area contributed by atoms with E-state index in [1.165, 1.54) is 32.1 Å². The van der Waals surface area contributed by atoms with Crippen LogP contribution in [-0.2, 0) is 52.2 Å². The van der Waals surface area contributed by atoms with E-state index in [0.29, 0.717) is 112 Å². The summed E-state index contributed by atoms with van der Waals surface area (Å²) in [5.41, 5.74) is 0. The summed E-state index contributed by atoms with van der Waals surface area (Å²) in [4.78, 5) is 12.0. The fourth-order valence-corrected chi connectivity index (χ4v) is 4.10. The van der Waals surface area contributed by atoms with Gasteiger partial charge in [-0.1, -0.05) is 65.7 Å². The van der Waals surface area contributed by atoms with Crippen LogP contribution >= 0.6 is 0 Å². The molecule has 1 unspecified atom stereocenters. The van der Waals surface area contributed by atoms with E-state index in [-0.39, 0.29) is 18.5 Å². The van der Waals surface area contributed by atoms with Gasteiger partial charge in [-0.2, -0.15) is 0 Å². The molecule has 11 nitrogen and oxygen atoms in total. The summed E-state index contributed by atoms with van der Waals surface area (Å²) in [6.45, 7) is 16.3. The van der Waals surface area contributed by atoms with E-state index in [0.717, 1.165) is 38.7 Å². The lowest BCUT2D eigenvalue weighted by atomic mass is 10.00. The molecule has 0 aromatic carbocycles. The molecule has 0 radical (unpaired) electrons. The van der Waals surface area contributed by atoms with Crippen molar-refractivity contribution >= 4 is 5.97 Å². The van der Waals surface area contributed by atoms with E-state index in [1.807, 2.05) is 6.92 Å². The summed E-state index contributed by atoms with van der Waals surface area (Å²) >= 11 is 0. The van der Waals surface area contributed by atoms with Crippen LogP contribution in [0.5, 0.6) is 0 Å². The van der Waals surface area contributed by atoms with Crippen molar-refractivity contribution in [2.24, 2.45) is 5.92 Å². The topological polar surface area (TPSA) is 109 Å². The van der Waals surface area contributed by atoms with Gasteiger partial charge in [-0.25, -0.2) is 0 Å². The second-order valence-corrected chi connectivity index (χ2v) is 10.7. The number of carbonyl (C=O) groups is 1. The van der Waals surface area contributed by atoms with Gasteiger partial charge in [0.1, 0.15) is 6.61 Å². The van der Waals surface area contributed by atoms with Crippen molar-refractivity contribution < 1.29 is 52.2 Å². The molecule has 0 aromatic heterocycles. The van der Waals surface area contributed by atoms with E-state index >= 15 is 0 Å². The molecule has 0 aliphatic carbocycles. The Morgan fingerprint density at radius 1 is 0.378 bits per heavy atom. The predicted molar refractivity (Wildman–Crippen MR) is 175 cm³/mol. The van der Waals surface area contributed by atoms with Crippen molar-refractivity contribution in [1.82, 2.24) is 0 Å². The summed E-state index contributed by atoms with van der Waals surface area (Å²) in [6, 6.07) is 0. The van der Waals surface area contributed by atoms with E-state index in [4.69, 9.17) is 47.4 Å². The molecule has 0 aliphatic rings. The quantitative estimate of drug-likeness (QED) is 0.0641. The number of ether oxygens (including phenoxy) is 10. The van der Waals surface area contributed by atoms with Gasteiger partial charge in [0.05, 0.1) is 118 Å². The van der Waals surface area contributed by atoms with Crippen LogP contribution in [0.2, 0.25) is 0 Å². The van der Waals surface area contributed by atoms with Crippen molar-refractivity contribution in [1.29, 1.82) is 0 Å². The van der Waals surface area contributed by atoms with E-state index in [1.54, 1.807) is 0 Å². The van der Waals surface area contributed by atoms with E-state index in [2.05, 4.69) is 13.8 Å². The normalized spacial score (nSPS) is 12.2. The molecule has 0 fully saturated rings. The highest BCUT2D eigenvalue weighted by atomic mass is 16.6. The minimum atomic E-state index is -0.116. The Balaban J connectivity index is 3.14. The highest BCUT2D eigenvalue weighted by molar-refractivity contribution is 5.72. The number of hydrogen-bond donors (Lipinski definition) is 0. The third-order valence-corrected chi connectivity index (χ3v) is 6.82. The van der Waals surface area contributed by atoms with Crippen molar-refractivity contribution in [2.75, 3.05) is 126 Å². The van der Waals surface area contributed by atoms with Crippen LogP contribution in [0.25, 0.3) is 0 Å². The fraction of sp³-hybridized carbons (Fsp3) is 0.971. The zero-order valence-corrected chi connectivity index (χ0v) is 29.1. The number of carbonyl (C=O) groups excluding carboxylic acids is 1. The van der Waals surface area contributed by atoms with Crippen LogP contribution in [0.1, 0.15) is 85.0 Å². The van der Waals surface area contributed by atoms with Crippen LogP contribution in [0.15, 0.2) is 0 Å². The van der Waals surface area contributed by atoms with E-state index in [9.17, 15) is 4.79 Å². The van der Waals surface area contributed by atoms with Crippen LogP contribution in [0, 0.1) is 5.92 Å². The Labute approximate surface area is 274 Å². The van der Waals surface area contributed by atoms with Crippen molar-refractivity contribution in [3.63, 3.8) is 0 Å². The average Bonchev–Trinajstić information content (AvgIpc) is 3.05. The third-order valence-electron chi connectivity index (χ3n) is 6.82. The summed E-state index contributed by atoms with van der Waals surface area (Å²) in [6.07, 6.45) is 11.5. The highest BCUT2D eigenvalue weighted by Gasteiger charge is 2.16. The molecule has 0 amide bonds. The smallest absolute Gasteiger partial charge is 0.308 e. The van der Waals surface area contributed by atoms with Crippen molar-refractivity contribution in [3.8, 4) is 0 Å². The molecule has 11 heteroatoms. The van der Waals surface area contributed by atoms with Gasteiger partial charge in [0.2, 0.25) is 0 Å². The second kappa shape index (κ2) is 39.3. The van der Waals surface area contributed by atoms with E-state index < -0.39 is 0 Å². The molecule has 45 heavy (non-hydrogen) atoms. The minimum Gasteiger partial charge on any atom is -0.463 e. The monoisotopic (exact) mass is 652 g/mol. The number of esters is 1. The Kier molecular flexibility index (Phi) is 38.5. The zero-order valence-electron chi connectivity index (χ0n) is 29.1. The van der Waals surface area contributed by atoms with Gasteiger partial charge in [0, 0.05) is 6.61 Å². The summed E-state index contributed by atoms with van der Waals surface area (Å²) in [7, 11) is 0. The molecular formula is C34H68O11. The molecule has 0 aromatic rings. The Bertz CT molecular complexity index is 568. The molecule has 270 valence electrons. The van der Waals surface area contributed by atoms with Gasteiger partial charge in [0.25, 0.3) is 0 Å². The SMILES string of the molecule is CCCCCCCCOCCOCCOCCOCCOCCOCCOCCOCCOCCOC(=O)C(CC)CCCC. The summed E-state index contributed by atoms with van der Waals surface area (Å²) < 4.78 is 54.8. The first-order chi connectivity index (χ1) is 22.3. The molecule has 0 bridgehead atoms. The third kappa shape index (κ3) is 35.8. The zero-order chi connectivity index (χ0) is 32.7. The summed E-state index contributed by atoms with van der Waals surface area (Å²) in [5.74, 6) is -0.115. The van der Waals surface area contributed by atoms with Crippen molar-refractivity contribution in [3.05, 3.63) is 0 Å². The Hall–Kier alpha value is -0.890. The highest BCUT2D eigenvalue weighted by Crippen LogP contribution is 2.14. The predicted octanol–water partition coefficient (Wildman–Crippen LogP) is 5.26. The van der Waals surface area contributed by atoms with Crippen LogP contribution in [0.4, 0.5) is 0 Å². The first kappa shape index (κ1) is 44.1. The van der Waals surface area contributed by atoms with Gasteiger partial charge in [0.15, 0.2) is 0 Å². The van der Waals surface area contributed by atoms with Crippen LogP contribution < -0.4 is 0 Å². The summed E-state index contributed by atoms with van der Waals surface area (Å²) in [5, 5.41) is 0. The fourth-order valence-electron chi connectivity index (χ4n) is 4.10. The molecule has 1 atom stereocenters. The largest absolute Gasteiger partial charge is 0.463 e. The Morgan fingerprint density at radius 2 is 0.689 bits per heavy atom. The maximum absolute atomic E-state index is 12.0. The molecule has 0 spiro atoms. The van der Waals surface area contributed by atoms with Gasteiger partial charge in [-0.05, 0) is 19.3 Å². The Morgan fingerprint density at radius 3 is 1.04 bits per heavy atom. The molecular weight excluding hydrogens is 584 g/mol. The van der Waals surface area contributed by atoms with Gasteiger partial charge >= 0.3 is 5.97 Å². The number of hydrogen-bond acceptors (Lipinski definition) is 11. The van der Waals surface area contributed by atoms with Gasteiger partial charge in [-0.15, -0.1) is 0 Å². The maximum atomic E-state index is 12.0. The molecule has 0 saturated heterocycles. The standard InChI is InChI=1S/C34H68O11/c1-4-7-9-10-11-12-14-36-15-16-37-17-18-38-19-20-39-21-22-40-23-24-41-25-26-42-27-28-43-29-30-44-31-32-45-34(35)33(6-3)13-8-5-2/h33H,4-32H2,1-3H3. The van der Waals surface area contributed by atoms with Crippen LogP contribution in [0.3, 0.4) is 0 Å². The number of rotatable bonds is 39. The molecule has 0 N–H and O–H groups in total. The molecule has 0 saturated carbocycles. The lowest BCUT2D eigenvalue weighted by Gasteiger charge is -2.13. The van der Waals surface area contributed by atoms with Gasteiger partial charge < -0.3 is 47.4 Å².